The number of benzene rings is 2. The lowest BCUT2D eigenvalue weighted by molar-refractivity contribution is 0.0992. The second-order valence-electron chi connectivity index (χ2n) is 4.20. The Kier molecular flexibility index (Phi) is 5.89. The average molecular weight is 273 g/mol. The summed E-state index contributed by atoms with van der Waals surface area (Å²) in [5, 5.41) is 11.8. The van der Waals surface area contributed by atoms with Gasteiger partial charge in [-0.3, -0.25) is 0 Å². The molecule has 106 valence electrons. The van der Waals surface area contributed by atoms with Crippen molar-refractivity contribution in [3.63, 3.8) is 0 Å². The lowest BCUT2D eigenvalue weighted by atomic mass is 10.3. The zero-order chi connectivity index (χ0) is 14.0. The van der Waals surface area contributed by atoms with Crippen LogP contribution in [0.1, 0.15) is 0 Å². The van der Waals surface area contributed by atoms with E-state index in [1.165, 1.54) is 0 Å². The predicted molar refractivity (Wildman–Crippen MR) is 79.4 cm³/mol. The maximum Gasteiger partial charge on any atom is 0.127 e. The number of anilines is 1. The zero-order valence-corrected chi connectivity index (χ0v) is 11.3. The Morgan fingerprint density at radius 1 is 0.850 bits per heavy atom. The Hall–Kier alpha value is -2.04. The van der Waals surface area contributed by atoms with Crippen molar-refractivity contribution in [3.05, 3.63) is 54.6 Å². The highest BCUT2D eigenvalue weighted by Crippen LogP contribution is 2.22. The van der Waals surface area contributed by atoms with E-state index in [2.05, 4.69) is 5.32 Å². The van der Waals surface area contributed by atoms with Gasteiger partial charge >= 0.3 is 0 Å². The third kappa shape index (κ3) is 4.91. The molecule has 0 atom stereocenters. The number of aliphatic hydroxyl groups excluding tert-OH is 1. The Morgan fingerprint density at radius 2 is 1.55 bits per heavy atom. The third-order valence-corrected chi connectivity index (χ3v) is 2.64. The molecule has 0 aliphatic rings. The number of aliphatic hydroxyl groups is 1. The van der Waals surface area contributed by atoms with Crippen molar-refractivity contribution in [2.75, 3.05) is 31.7 Å². The first-order chi connectivity index (χ1) is 9.88. The molecule has 4 heteroatoms. The van der Waals surface area contributed by atoms with E-state index in [0.29, 0.717) is 19.8 Å². The standard InChI is InChI=1S/C16H19NO3/c18-11-13-19-12-10-17-14-6-8-16(9-7-14)20-15-4-2-1-3-5-15/h1-9,17-18H,10-13H2. The molecule has 0 aromatic heterocycles. The predicted octanol–water partition coefficient (Wildman–Crippen LogP) is 2.90. The van der Waals surface area contributed by atoms with Crippen LogP contribution in [0.15, 0.2) is 54.6 Å². The molecule has 0 heterocycles. The molecule has 2 aromatic carbocycles. The molecule has 0 spiro atoms. The van der Waals surface area contributed by atoms with Crippen LogP contribution in [-0.4, -0.2) is 31.5 Å². The Bertz CT molecular complexity index is 485. The van der Waals surface area contributed by atoms with E-state index < -0.39 is 0 Å². The number of para-hydroxylation sites is 1. The summed E-state index contributed by atoms with van der Waals surface area (Å²) in [6.07, 6.45) is 0. The highest BCUT2D eigenvalue weighted by Gasteiger charge is 1.97. The van der Waals surface area contributed by atoms with Crippen LogP contribution in [0.25, 0.3) is 0 Å². The van der Waals surface area contributed by atoms with Crippen molar-refractivity contribution in [3.8, 4) is 11.5 Å². The molecule has 2 N–H and O–H groups in total. The fourth-order valence-corrected chi connectivity index (χ4v) is 1.70. The Morgan fingerprint density at radius 3 is 2.25 bits per heavy atom. The second-order valence-corrected chi connectivity index (χ2v) is 4.20. The molecule has 0 radical (unpaired) electrons. The molecule has 0 fully saturated rings. The number of hydrogen-bond donors (Lipinski definition) is 2. The SMILES string of the molecule is OCCOCCNc1ccc(Oc2ccccc2)cc1. The Balaban J connectivity index is 1.78. The molecular formula is C16H19NO3. The van der Waals surface area contributed by atoms with Crippen molar-refractivity contribution >= 4 is 5.69 Å². The lowest BCUT2D eigenvalue weighted by Crippen LogP contribution is -2.11. The van der Waals surface area contributed by atoms with Gasteiger partial charge in [-0.15, -0.1) is 0 Å². The fraction of sp³-hybridized carbons (Fsp3) is 0.250. The minimum atomic E-state index is 0.0610. The molecule has 0 unspecified atom stereocenters. The van der Waals surface area contributed by atoms with Gasteiger partial charge in [0.05, 0.1) is 19.8 Å². The van der Waals surface area contributed by atoms with Crippen molar-refractivity contribution in [1.82, 2.24) is 0 Å². The molecule has 0 amide bonds. The fourth-order valence-electron chi connectivity index (χ4n) is 1.70. The molecule has 4 nitrogen and oxygen atoms in total. The highest BCUT2D eigenvalue weighted by molar-refractivity contribution is 5.47. The summed E-state index contributed by atoms with van der Waals surface area (Å²) in [6.45, 7) is 1.72. The summed E-state index contributed by atoms with van der Waals surface area (Å²) in [5.74, 6) is 1.63. The largest absolute Gasteiger partial charge is 0.457 e. The summed E-state index contributed by atoms with van der Waals surface area (Å²) in [4.78, 5) is 0. The number of hydrogen-bond acceptors (Lipinski definition) is 4. The van der Waals surface area contributed by atoms with Crippen molar-refractivity contribution in [2.24, 2.45) is 0 Å². The minimum absolute atomic E-state index is 0.0610. The van der Waals surface area contributed by atoms with Crippen LogP contribution < -0.4 is 10.1 Å². The normalized spacial score (nSPS) is 10.2. The molecule has 0 bridgehead atoms. The molecule has 0 saturated carbocycles. The van der Waals surface area contributed by atoms with Gasteiger partial charge in [0.25, 0.3) is 0 Å². The van der Waals surface area contributed by atoms with Gasteiger partial charge in [-0.25, -0.2) is 0 Å². The van der Waals surface area contributed by atoms with Gasteiger partial charge in [0.1, 0.15) is 11.5 Å². The first kappa shape index (κ1) is 14.4. The first-order valence-corrected chi connectivity index (χ1v) is 6.64. The summed E-state index contributed by atoms with van der Waals surface area (Å²) in [7, 11) is 0. The quantitative estimate of drug-likeness (QED) is 0.726. The topological polar surface area (TPSA) is 50.7 Å². The van der Waals surface area contributed by atoms with Crippen LogP contribution in [0, 0.1) is 0 Å². The summed E-state index contributed by atoms with van der Waals surface area (Å²) >= 11 is 0. The van der Waals surface area contributed by atoms with Crippen LogP contribution in [0.5, 0.6) is 11.5 Å². The first-order valence-electron chi connectivity index (χ1n) is 6.64. The molecule has 20 heavy (non-hydrogen) atoms. The van der Waals surface area contributed by atoms with E-state index >= 15 is 0 Å². The van der Waals surface area contributed by atoms with Crippen LogP contribution >= 0.6 is 0 Å². The average Bonchev–Trinajstić information content (AvgIpc) is 2.50. The van der Waals surface area contributed by atoms with Gasteiger partial charge in [0.2, 0.25) is 0 Å². The maximum absolute atomic E-state index is 8.57. The zero-order valence-electron chi connectivity index (χ0n) is 11.3. The van der Waals surface area contributed by atoms with Crippen LogP contribution in [0.4, 0.5) is 5.69 Å². The van der Waals surface area contributed by atoms with Crippen LogP contribution in [0.2, 0.25) is 0 Å². The van der Waals surface area contributed by atoms with Gasteiger partial charge in [-0.2, -0.15) is 0 Å². The third-order valence-electron chi connectivity index (χ3n) is 2.64. The number of rotatable bonds is 8. The summed E-state index contributed by atoms with van der Waals surface area (Å²) < 4.78 is 10.9. The molecule has 2 rings (SSSR count). The molecule has 0 saturated heterocycles. The lowest BCUT2D eigenvalue weighted by Gasteiger charge is -2.09. The van der Waals surface area contributed by atoms with E-state index in [1.54, 1.807) is 0 Å². The van der Waals surface area contributed by atoms with Gasteiger partial charge in [0.15, 0.2) is 0 Å². The van der Waals surface area contributed by atoms with E-state index in [9.17, 15) is 0 Å². The smallest absolute Gasteiger partial charge is 0.127 e. The van der Waals surface area contributed by atoms with E-state index in [0.717, 1.165) is 17.2 Å². The van der Waals surface area contributed by atoms with E-state index in [-0.39, 0.29) is 6.61 Å². The molecule has 0 aliphatic carbocycles. The monoisotopic (exact) mass is 273 g/mol. The maximum atomic E-state index is 8.57. The summed E-state index contributed by atoms with van der Waals surface area (Å²) in [5.41, 5.74) is 1.01. The minimum Gasteiger partial charge on any atom is -0.457 e. The van der Waals surface area contributed by atoms with Gasteiger partial charge in [-0.05, 0) is 36.4 Å². The van der Waals surface area contributed by atoms with Crippen molar-refractivity contribution in [2.45, 2.75) is 0 Å². The van der Waals surface area contributed by atoms with Gasteiger partial charge in [0, 0.05) is 12.2 Å². The van der Waals surface area contributed by atoms with Gasteiger partial charge < -0.3 is 19.9 Å². The molecule has 0 aliphatic heterocycles. The van der Waals surface area contributed by atoms with Crippen LogP contribution in [-0.2, 0) is 4.74 Å². The highest BCUT2D eigenvalue weighted by atomic mass is 16.5. The summed E-state index contributed by atoms with van der Waals surface area (Å²) in [6, 6.07) is 17.5. The number of nitrogens with one attached hydrogen (secondary N) is 1. The van der Waals surface area contributed by atoms with Crippen molar-refractivity contribution < 1.29 is 14.6 Å². The molecule has 2 aromatic rings. The Labute approximate surface area is 119 Å². The van der Waals surface area contributed by atoms with Crippen molar-refractivity contribution in [1.29, 1.82) is 0 Å². The number of ether oxygens (including phenoxy) is 2. The van der Waals surface area contributed by atoms with E-state index in [4.69, 9.17) is 14.6 Å². The molecular weight excluding hydrogens is 254 g/mol. The van der Waals surface area contributed by atoms with Gasteiger partial charge in [-0.1, -0.05) is 18.2 Å². The van der Waals surface area contributed by atoms with E-state index in [1.807, 2.05) is 54.6 Å². The van der Waals surface area contributed by atoms with Crippen LogP contribution in [0.3, 0.4) is 0 Å². The second kappa shape index (κ2) is 8.19.